The topological polar surface area (TPSA) is 218 Å². The van der Waals surface area contributed by atoms with E-state index in [-0.39, 0.29) is 29.2 Å². The first-order valence-corrected chi connectivity index (χ1v) is 18.0. The highest BCUT2D eigenvalue weighted by atomic mass is 32.2. The van der Waals surface area contributed by atoms with Gasteiger partial charge in [0.2, 0.25) is 16.2 Å². The number of anilines is 2. The van der Waals surface area contributed by atoms with Gasteiger partial charge in [0.1, 0.15) is 28.7 Å². The Hall–Kier alpha value is -4.49. The number of hydrogen-bond acceptors (Lipinski definition) is 14. The zero-order chi connectivity index (χ0) is 34.8. The highest BCUT2D eigenvalue weighted by Gasteiger charge is 2.23. The van der Waals surface area contributed by atoms with Crippen LogP contribution in [0.4, 0.5) is 15.1 Å². The first-order chi connectivity index (χ1) is 23.8. The molecule has 2 atom stereocenters. The molecule has 15 nitrogen and oxygen atoms in total. The molecule has 0 saturated carbocycles. The third-order valence-corrected chi connectivity index (χ3v) is 9.42. The molecule has 2 heterocycles. The second-order valence-electron chi connectivity index (χ2n) is 10.3. The predicted molar refractivity (Wildman–Crippen MR) is 186 cm³/mol. The molecule has 18 heteroatoms. The van der Waals surface area contributed by atoms with Crippen LogP contribution >= 0.6 is 34.4 Å². The van der Waals surface area contributed by atoms with Crippen LogP contribution in [-0.4, -0.2) is 91.2 Å². The number of benzene rings is 2. The van der Waals surface area contributed by atoms with E-state index < -0.39 is 43.2 Å². The maximum Gasteiger partial charge on any atom is 0.408 e. The third kappa shape index (κ3) is 13.1. The molecule has 49 heavy (non-hydrogen) atoms. The standard InChI is InChI=1S/C31H36N8O7S3/c40-17-22(32-24(42)12-11-20-7-3-1-4-8-20)27(43)34-29-38-36-25(48-29)13-15-47-16-14-26-37-39-30(49-26)35-28(44)23(18-41)33-31(45)46-19-21-9-5-2-6-10-21/h1-10,22-23,40-41H,11-19H2,(H,32,42)(H,33,45)(H,34,38,43)(H,35,39,44)/t22-,23-/m0/s1. The second-order valence-corrected chi connectivity index (χ2v) is 13.7. The van der Waals surface area contributed by atoms with Crippen molar-refractivity contribution in [1.82, 2.24) is 31.0 Å². The van der Waals surface area contributed by atoms with Crippen LogP contribution in [0.3, 0.4) is 0 Å². The summed E-state index contributed by atoms with van der Waals surface area (Å²) >= 11 is 4.06. The van der Waals surface area contributed by atoms with Gasteiger partial charge in [-0.15, -0.1) is 20.4 Å². The summed E-state index contributed by atoms with van der Waals surface area (Å²) < 4.78 is 5.10. The van der Waals surface area contributed by atoms with Gasteiger partial charge in [0.05, 0.1) is 13.2 Å². The summed E-state index contributed by atoms with van der Waals surface area (Å²) in [5.74, 6) is -0.124. The summed E-state index contributed by atoms with van der Waals surface area (Å²) in [6.45, 7) is -1.16. The summed E-state index contributed by atoms with van der Waals surface area (Å²) in [5.41, 5.74) is 1.78. The molecular formula is C31H36N8O7S3. The lowest BCUT2D eigenvalue weighted by atomic mass is 10.1. The summed E-state index contributed by atoms with van der Waals surface area (Å²) in [5, 5.41) is 47.4. The number of carbonyl (C=O) groups excluding carboxylic acids is 4. The van der Waals surface area contributed by atoms with Gasteiger partial charge in [-0.2, -0.15) is 11.8 Å². The lowest BCUT2D eigenvalue weighted by molar-refractivity contribution is -0.127. The molecule has 0 spiro atoms. The third-order valence-electron chi connectivity index (χ3n) is 6.64. The Bertz CT molecular complexity index is 1520. The van der Waals surface area contributed by atoms with Crippen LogP contribution in [0.15, 0.2) is 60.7 Å². The maximum absolute atomic E-state index is 12.6. The predicted octanol–water partition coefficient (Wildman–Crippen LogP) is 2.18. The van der Waals surface area contributed by atoms with E-state index in [1.54, 1.807) is 23.9 Å². The van der Waals surface area contributed by atoms with E-state index in [0.717, 1.165) is 22.6 Å². The Morgan fingerprint density at radius 3 is 1.73 bits per heavy atom. The highest BCUT2D eigenvalue weighted by Crippen LogP contribution is 2.20. The Balaban J connectivity index is 1.10. The van der Waals surface area contributed by atoms with E-state index >= 15 is 0 Å². The number of aryl methyl sites for hydroxylation is 3. The number of aliphatic hydroxyl groups excluding tert-OH is 2. The Morgan fingerprint density at radius 1 is 0.694 bits per heavy atom. The van der Waals surface area contributed by atoms with E-state index in [4.69, 9.17) is 4.74 Å². The smallest absolute Gasteiger partial charge is 0.408 e. The highest BCUT2D eigenvalue weighted by molar-refractivity contribution is 7.99. The van der Waals surface area contributed by atoms with Crippen molar-refractivity contribution in [2.24, 2.45) is 0 Å². The number of carbonyl (C=O) groups is 4. The van der Waals surface area contributed by atoms with E-state index in [0.29, 0.717) is 29.3 Å². The number of ether oxygens (including phenoxy) is 1. The van der Waals surface area contributed by atoms with E-state index in [1.165, 1.54) is 22.7 Å². The molecule has 260 valence electrons. The van der Waals surface area contributed by atoms with Gasteiger partial charge < -0.3 is 25.6 Å². The van der Waals surface area contributed by atoms with Crippen molar-refractivity contribution in [2.75, 3.05) is 35.4 Å². The molecule has 4 amide bonds. The molecule has 0 bridgehead atoms. The Kier molecular flexibility index (Phi) is 15.3. The van der Waals surface area contributed by atoms with Gasteiger partial charge in [-0.3, -0.25) is 25.0 Å². The molecule has 0 saturated heterocycles. The minimum Gasteiger partial charge on any atom is -0.445 e. The maximum atomic E-state index is 12.6. The Labute approximate surface area is 294 Å². The van der Waals surface area contributed by atoms with Gasteiger partial charge in [-0.25, -0.2) is 4.79 Å². The first-order valence-electron chi connectivity index (χ1n) is 15.2. The largest absolute Gasteiger partial charge is 0.445 e. The van der Waals surface area contributed by atoms with Crippen LogP contribution in [0, 0.1) is 0 Å². The van der Waals surface area contributed by atoms with Gasteiger partial charge in [-0.05, 0) is 29.1 Å². The van der Waals surface area contributed by atoms with Crippen LogP contribution in [0.1, 0.15) is 27.6 Å². The van der Waals surface area contributed by atoms with Crippen LogP contribution in [0.25, 0.3) is 0 Å². The number of aliphatic hydroxyl groups is 2. The summed E-state index contributed by atoms with van der Waals surface area (Å²) in [4.78, 5) is 49.5. The number of nitrogens with one attached hydrogen (secondary N) is 4. The van der Waals surface area contributed by atoms with Crippen molar-refractivity contribution in [3.63, 3.8) is 0 Å². The lowest BCUT2D eigenvalue weighted by Crippen LogP contribution is -2.46. The monoisotopic (exact) mass is 728 g/mol. The fourth-order valence-electron chi connectivity index (χ4n) is 4.08. The van der Waals surface area contributed by atoms with Crippen LogP contribution in [0.5, 0.6) is 0 Å². The molecule has 0 fully saturated rings. The molecule has 0 unspecified atom stereocenters. The molecule has 0 aliphatic rings. The van der Waals surface area contributed by atoms with Gasteiger partial charge in [0, 0.05) is 19.3 Å². The van der Waals surface area contributed by atoms with Crippen molar-refractivity contribution in [3.8, 4) is 0 Å². The van der Waals surface area contributed by atoms with Crippen LogP contribution in [0.2, 0.25) is 0 Å². The van der Waals surface area contributed by atoms with Gasteiger partial charge in [-0.1, -0.05) is 83.3 Å². The second kappa shape index (κ2) is 20.1. The first kappa shape index (κ1) is 37.3. The molecule has 2 aromatic carbocycles. The molecule has 0 aliphatic carbocycles. The average Bonchev–Trinajstić information content (AvgIpc) is 3.77. The zero-order valence-corrected chi connectivity index (χ0v) is 28.7. The van der Waals surface area contributed by atoms with Crippen LogP contribution < -0.4 is 21.3 Å². The lowest BCUT2D eigenvalue weighted by Gasteiger charge is -2.15. The van der Waals surface area contributed by atoms with Gasteiger partial charge in [0.25, 0.3) is 11.8 Å². The fraction of sp³-hybridized carbons (Fsp3) is 0.355. The van der Waals surface area contributed by atoms with Gasteiger partial charge >= 0.3 is 6.09 Å². The number of rotatable bonds is 19. The van der Waals surface area contributed by atoms with Crippen molar-refractivity contribution in [2.45, 2.75) is 44.4 Å². The normalized spacial score (nSPS) is 12.0. The molecule has 4 rings (SSSR count). The fourth-order valence-corrected chi connectivity index (χ4v) is 6.70. The van der Waals surface area contributed by atoms with Gasteiger partial charge in [0.15, 0.2) is 0 Å². The summed E-state index contributed by atoms with van der Waals surface area (Å²) in [6.07, 6.45) is 1.07. The van der Waals surface area contributed by atoms with E-state index in [1.807, 2.05) is 48.5 Å². The summed E-state index contributed by atoms with van der Waals surface area (Å²) in [6, 6.07) is 16.2. The molecule has 6 N–H and O–H groups in total. The van der Waals surface area contributed by atoms with Crippen molar-refractivity contribution in [1.29, 1.82) is 0 Å². The number of nitrogens with zero attached hydrogens (tertiary/aromatic N) is 4. The summed E-state index contributed by atoms with van der Waals surface area (Å²) in [7, 11) is 0. The number of thioether (sulfide) groups is 1. The van der Waals surface area contributed by atoms with Crippen molar-refractivity contribution in [3.05, 3.63) is 81.8 Å². The average molecular weight is 729 g/mol. The molecule has 0 aliphatic heterocycles. The quantitative estimate of drug-likeness (QED) is 0.0766. The SMILES string of the molecule is O=C(CCc1ccccc1)N[C@@H](CO)C(=O)Nc1nnc(CCSCCc2nnc(NC(=O)[C@H](CO)NC(=O)OCc3ccccc3)s2)s1. The van der Waals surface area contributed by atoms with Crippen molar-refractivity contribution >= 4 is 68.5 Å². The van der Waals surface area contributed by atoms with E-state index in [9.17, 15) is 29.4 Å². The zero-order valence-electron chi connectivity index (χ0n) is 26.2. The number of alkyl carbamates (subject to hydrolysis) is 1. The van der Waals surface area contributed by atoms with Crippen LogP contribution in [-0.2, 0) is 45.0 Å². The van der Waals surface area contributed by atoms with E-state index in [2.05, 4.69) is 41.7 Å². The minimum absolute atomic E-state index is 0.0223. The minimum atomic E-state index is -1.23. The molecule has 0 radical (unpaired) electrons. The number of amides is 4. The number of hydrogen-bond donors (Lipinski definition) is 6. The Morgan fingerprint density at radius 2 is 1.20 bits per heavy atom. The molecule has 4 aromatic rings. The number of aromatic nitrogens is 4. The molecular weight excluding hydrogens is 693 g/mol. The molecule has 2 aromatic heterocycles. The van der Waals surface area contributed by atoms with Crippen molar-refractivity contribution < 1.29 is 34.1 Å².